The third-order valence-corrected chi connectivity index (χ3v) is 3.32. The molecule has 0 aliphatic carbocycles. The van der Waals surface area contributed by atoms with Gasteiger partial charge in [0.25, 0.3) is 0 Å². The number of benzene rings is 3. The van der Waals surface area contributed by atoms with E-state index in [1.807, 2.05) is 6.07 Å². The van der Waals surface area contributed by atoms with E-state index in [0.717, 1.165) is 11.4 Å². The van der Waals surface area contributed by atoms with Gasteiger partial charge < -0.3 is 0 Å². The molecule has 4 rings (SSSR count). The van der Waals surface area contributed by atoms with Crippen molar-refractivity contribution in [1.82, 2.24) is 5.32 Å². The van der Waals surface area contributed by atoms with Crippen LogP contribution in [-0.4, -0.2) is 0 Å². The van der Waals surface area contributed by atoms with Crippen LogP contribution in [0.15, 0.2) is 60.7 Å². The lowest BCUT2D eigenvalue weighted by Crippen LogP contribution is -1.81. The Hall–Kier alpha value is -2.28. The van der Waals surface area contributed by atoms with Crippen LogP contribution in [0.3, 0.4) is 0 Å². The number of rotatable bonds is 0. The number of hydrogen-bond acceptors (Lipinski definition) is 0. The molecule has 79 valence electrons. The number of fused-ring (bicyclic) bond motifs is 5. The van der Waals surface area contributed by atoms with Gasteiger partial charge in [0.15, 0.2) is 0 Å². The molecule has 0 N–H and O–H groups in total. The second kappa shape index (κ2) is 3.11. The van der Waals surface area contributed by atoms with Crippen molar-refractivity contribution in [3.63, 3.8) is 0 Å². The van der Waals surface area contributed by atoms with E-state index in [1.54, 1.807) is 0 Å². The molecule has 1 nitrogen and oxygen atoms in total. The molecule has 0 spiro atoms. The molecule has 17 heavy (non-hydrogen) atoms. The van der Waals surface area contributed by atoms with Crippen LogP contribution in [0.5, 0.6) is 0 Å². The molecule has 0 aromatic heterocycles. The van der Waals surface area contributed by atoms with Gasteiger partial charge in [-0.2, -0.15) is 0 Å². The minimum absolute atomic E-state index is 1.08. The molecule has 1 radical (unpaired) electrons. The zero-order valence-electron chi connectivity index (χ0n) is 9.22. The Morgan fingerprint density at radius 1 is 0.647 bits per heavy atom. The first-order valence-electron chi connectivity index (χ1n) is 5.76. The predicted octanol–water partition coefficient (Wildman–Crippen LogP) is 4.39. The van der Waals surface area contributed by atoms with Gasteiger partial charge in [-0.1, -0.05) is 48.5 Å². The van der Waals surface area contributed by atoms with Crippen molar-refractivity contribution in [1.29, 1.82) is 0 Å². The second-order valence-electron chi connectivity index (χ2n) is 4.31. The molecule has 0 saturated heterocycles. The van der Waals surface area contributed by atoms with Crippen LogP contribution in [0.4, 0.5) is 11.4 Å². The second-order valence-corrected chi connectivity index (χ2v) is 4.31. The SMILES string of the molecule is c1ccc2c(c1)[N]c1ccc3ccccc3c1-2. The average Bonchev–Trinajstić information content (AvgIpc) is 2.77. The summed E-state index contributed by atoms with van der Waals surface area (Å²) < 4.78 is 0. The minimum atomic E-state index is 1.08. The highest BCUT2D eigenvalue weighted by Gasteiger charge is 2.20. The molecule has 3 aromatic rings. The largest absolute Gasteiger partial charge is 0.248 e. The summed E-state index contributed by atoms with van der Waals surface area (Å²) in [6.07, 6.45) is 0. The van der Waals surface area contributed by atoms with Crippen LogP contribution in [0.25, 0.3) is 21.9 Å². The van der Waals surface area contributed by atoms with E-state index in [1.165, 1.54) is 21.9 Å². The lowest BCUT2D eigenvalue weighted by molar-refractivity contribution is 1.24. The highest BCUT2D eigenvalue weighted by atomic mass is 14.9. The fraction of sp³-hybridized carbons (Fsp3) is 0. The molecule has 1 aliphatic heterocycles. The van der Waals surface area contributed by atoms with E-state index in [-0.39, 0.29) is 0 Å². The first kappa shape index (κ1) is 8.82. The van der Waals surface area contributed by atoms with Crippen LogP contribution in [0.2, 0.25) is 0 Å². The third-order valence-electron chi connectivity index (χ3n) is 3.32. The van der Waals surface area contributed by atoms with Gasteiger partial charge in [0.2, 0.25) is 0 Å². The van der Waals surface area contributed by atoms with Crippen LogP contribution < -0.4 is 5.32 Å². The Labute approximate surface area is 99.7 Å². The molecular formula is C16H10N. The Morgan fingerprint density at radius 2 is 1.47 bits per heavy atom. The standard InChI is InChI=1S/C16H10N/c1-2-6-12-11(5-1)9-10-15-16(12)13-7-3-4-8-14(13)17-15/h1-10H. The number of nitrogens with zero attached hydrogens (tertiary/aromatic N) is 1. The van der Waals surface area contributed by atoms with Gasteiger partial charge >= 0.3 is 0 Å². The molecule has 1 aliphatic rings. The maximum Gasteiger partial charge on any atom is 0.0722 e. The first-order valence-corrected chi connectivity index (χ1v) is 5.76. The molecule has 1 heteroatoms. The van der Waals surface area contributed by atoms with Crippen molar-refractivity contribution >= 4 is 22.1 Å². The summed E-state index contributed by atoms with van der Waals surface area (Å²) in [5.74, 6) is 0. The van der Waals surface area contributed by atoms with Crippen LogP contribution in [-0.2, 0) is 0 Å². The maximum absolute atomic E-state index is 4.67. The molecule has 0 fully saturated rings. The molecule has 0 saturated carbocycles. The molecule has 3 aromatic carbocycles. The van der Waals surface area contributed by atoms with Crippen molar-refractivity contribution in [2.24, 2.45) is 0 Å². The first-order chi connectivity index (χ1) is 8.43. The Kier molecular flexibility index (Phi) is 1.61. The van der Waals surface area contributed by atoms with Crippen LogP contribution in [0, 0.1) is 0 Å². The van der Waals surface area contributed by atoms with E-state index in [4.69, 9.17) is 0 Å². The predicted molar refractivity (Wildman–Crippen MR) is 70.8 cm³/mol. The lowest BCUT2D eigenvalue weighted by atomic mass is 9.98. The monoisotopic (exact) mass is 216 g/mol. The molecule has 0 amide bonds. The fourth-order valence-corrected chi connectivity index (χ4v) is 2.55. The summed E-state index contributed by atoms with van der Waals surface area (Å²) in [4.78, 5) is 0. The van der Waals surface area contributed by atoms with Gasteiger partial charge in [-0.15, -0.1) is 0 Å². The minimum Gasteiger partial charge on any atom is -0.248 e. The van der Waals surface area contributed by atoms with Crippen molar-refractivity contribution in [2.45, 2.75) is 0 Å². The highest BCUT2D eigenvalue weighted by Crippen LogP contribution is 2.46. The summed E-state index contributed by atoms with van der Waals surface area (Å²) in [6, 6.07) is 21.1. The van der Waals surface area contributed by atoms with Gasteiger partial charge in [-0.3, -0.25) is 0 Å². The fourth-order valence-electron chi connectivity index (χ4n) is 2.55. The summed E-state index contributed by atoms with van der Waals surface area (Å²) in [7, 11) is 0. The maximum atomic E-state index is 4.67. The summed E-state index contributed by atoms with van der Waals surface area (Å²) >= 11 is 0. The van der Waals surface area contributed by atoms with Crippen molar-refractivity contribution < 1.29 is 0 Å². The molecule has 1 heterocycles. The quantitative estimate of drug-likeness (QED) is 0.414. The van der Waals surface area contributed by atoms with Crippen LogP contribution >= 0.6 is 0 Å². The summed E-state index contributed by atoms with van der Waals surface area (Å²) in [5, 5.41) is 7.23. The van der Waals surface area contributed by atoms with Gasteiger partial charge in [0.05, 0.1) is 11.4 Å². The topological polar surface area (TPSA) is 14.1 Å². The summed E-state index contributed by atoms with van der Waals surface area (Å²) in [5.41, 5.74) is 4.70. The molecule has 0 unspecified atom stereocenters. The molecular weight excluding hydrogens is 206 g/mol. The van der Waals surface area contributed by atoms with Gasteiger partial charge in [0, 0.05) is 11.1 Å². The van der Waals surface area contributed by atoms with Gasteiger partial charge in [0.1, 0.15) is 0 Å². The van der Waals surface area contributed by atoms with Crippen molar-refractivity contribution in [3.05, 3.63) is 60.7 Å². The van der Waals surface area contributed by atoms with Crippen molar-refractivity contribution in [2.75, 3.05) is 0 Å². The number of hydrogen-bond donors (Lipinski definition) is 0. The third kappa shape index (κ3) is 1.14. The molecule has 0 bridgehead atoms. The zero-order chi connectivity index (χ0) is 11.2. The summed E-state index contributed by atoms with van der Waals surface area (Å²) in [6.45, 7) is 0. The van der Waals surface area contributed by atoms with Crippen LogP contribution in [0.1, 0.15) is 0 Å². The Balaban J connectivity index is 2.17. The normalized spacial score (nSPS) is 12.0. The highest BCUT2D eigenvalue weighted by molar-refractivity contribution is 6.07. The average molecular weight is 216 g/mol. The van der Waals surface area contributed by atoms with Gasteiger partial charge in [-0.05, 0) is 22.9 Å². The van der Waals surface area contributed by atoms with E-state index >= 15 is 0 Å². The van der Waals surface area contributed by atoms with E-state index in [0.29, 0.717) is 0 Å². The van der Waals surface area contributed by atoms with E-state index in [9.17, 15) is 0 Å². The Morgan fingerprint density at radius 3 is 2.47 bits per heavy atom. The lowest BCUT2D eigenvalue weighted by Gasteiger charge is -2.04. The van der Waals surface area contributed by atoms with Gasteiger partial charge in [-0.25, -0.2) is 5.32 Å². The number of para-hydroxylation sites is 1. The van der Waals surface area contributed by atoms with Crippen molar-refractivity contribution in [3.8, 4) is 11.1 Å². The molecule has 0 atom stereocenters. The Bertz CT molecular complexity index is 728. The smallest absolute Gasteiger partial charge is 0.0722 e. The zero-order valence-corrected chi connectivity index (χ0v) is 9.22. The van der Waals surface area contributed by atoms with E-state index in [2.05, 4.69) is 59.9 Å². The van der Waals surface area contributed by atoms with E-state index < -0.39 is 0 Å².